The first-order chi connectivity index (χ1) is 6.18. The molecule has 0 aromatic rings. The second-order valence-electron chi connectivity index (χ2n) is 3.44. The fourth-order valence-corrected chi connectivity index (χ4v) is 1.62. The van der Waals surface area contributed by atoms with Crippen LogP contribution in [0.4, 0.5) is 0 Å². The molecule has 64 valence electrons. The molecule has 0 unspecified atom stereocenters. The molecule has 0 heterocycles. The maximum Gasteiger partial charge on any atom is -0.00255 e. The molecule has 0 saturated carbocycles. The van der Waals surface area contributed by atoms with Crippen molar-refractivity contribution in [2.75, 3.05) is 0 Å². The van der Waals surface area contributed by atoms with Crippen molar-refractivity contribution in [1.82, 2.24) is 0 Å². The third-order valence-corrected chi connectivity index (χ3v) is 2.45. The minimum atomic E-state index is 0.950. The highest BCUT2D eigenvalue weighted by Gasteiger charge is 2.15. The molecule has 0 saturated heterocycles. The van der Waals surface area contributed by atoms with Crippen molar-refractivity contribution in [3.05, 3.63) is 71.9 Å². The van der Waals surface area contributed by atoms with Gasteiger partial charge in [0.25, 0.3) is 0 Å². The van der Waals surface area contributed by atoms with Crippen molar-refractivity contribution in [2.45, 2.75) is 6.42 Å². The van der Waals surface area contributed by atoms with E-state index in [4.69, 9.17) is 0 Å². The van der Waals surface area contributed by atoms with Crippen LogP contribution in [0.15, 0.2) is 71.9 Å². The highest BCUT2D eigenvalue weighted by Crippen LogP contribution is 2.33. The van der Waals surface area contributed by atoms with E-state index in [1.807, 2.05) is 6.08 Å². The first-order valence-electron chi connectivity index (χ1n) is 4.34. The van der Waals surface area contributed by atoms with Gasteiger partial charge in [0.05, 0.1) is 0 Å². The summed E-state index contributed by atoms with van der Waals surface area (Å²) < 4.78 is 0. The second-order valence-corrected chi connectivity index (χ2v) is 3.44. The van der Waals surface area contributed by atoms with E-state index in [-0.39, 0.29) is 0 Å². The van der Waals surface area contributed by atoms with Crippen LogP contribution >= 0.6 is 0 Å². The summed E-state index contributed by atoms with van der Waals surface area (Å²) >= 11 is 0. The van der Waals surface area contributed by atoms with Crippen LogP contribution in [0.25, 0.3) is 0 Å². The van der Waals surface area contributed by atoms with Crippen molar-refractivity contribution < 1.29 is 0 Å². The SMILES string of the molecule is C=C1C=CC(=C2C=CC(=C)C2=C)C1. The van der Waals surface area contributed by atoms with E-state index < -0.39 is 0 Å². The molecule has 2 aliphatic carbocycles. The molecule has 0 aromatic carbocycles. The Balaban J connectivity index is 2.42. The van der Waals surface area contributed by atoms with Crippen molar-refractivity contribution in [1.29, 1.82) is 0 Å². The van der Waals surface area contributed by atoms with Crippen molar-refractivity contribution in [3.8, 4) is 0 Å². The Morgan fingerprint density at radius 2 is 1.69 bits per heavy atom. The van der Waals surface area contributed by atoms with E-state index >= 15 is 0 Å². The molecule has 0 spiro atoms. The van der Waals surface area contributed by atoms with Gasteiger partial charge in [0, 0.05) is 0 Å². The zero-order chi connectivity index (χ0) is 9.42. The molecule has 0 atom stereocenters. The fourth-order valence-electron chi connectivity index (χ4n) is 1.62. The molecule has 0 heteroatoms. The summed E-state index contributed by atoms with van der Waals surface area (Å²) in [5.41, 5.74) is 5.77. The van der Waals surface area contributed by atoms with Gasteiger partial charge in [-0.1, -0.05) is 49.6 Å². The van der Waals surface area contributed by atoms with Gasteiger partial charge in [-0.05, 0) is 28.7 Å². The maximum atomic E-state index is 4.00. The molecule has 0 amide bonds. The number of hydrogen-bond acceptors (Lipinski definition) is 0. The molecule has 2 rings (SSSR count). The van der Waals surface area contributed by atoms with Gasteiger partial charge in [0.2, 0.25) is 0 Å². The summed E-state index contributed by atoms with van der Waals surface area (Å²) in [6.45, 7) is 11.8. The van der Waals surface area contributed by atoms with E-state index in [0.29, 0.717) is 0 Å². The van der Waals surface area contributed by atoms with Crippen LogP contribution in [-0.4, -0.2) is 0 Å². The lowest BCUT2D eigenvalue weighted by atomic mass is 10.0. The Kier molecular flexibility index (Phi) is 1.70. The average molecular weight is 168 g/mol. The lowest BCUT2D eigenvalue weighted by Crippen LogP contribution is -1.84. The molecule has 0 N–H and O–H groups in total. The Hall–Kier alpha value is -1.56. The molecule has 0 fully saturated rings. The van der Waals surface area contributed by atoms with Gasteiger partial charge in [-0.15, -0.1) is 0 Å². The molecule has 0 bridgehead atoms. The smallest absolute Gasteiger partial charge is 0.00255 e. The highest BCUT2D eigenvalue weighted by atomic mass is 14.2. The van der Waals surface area contributed by atoms with Crippen molar-refractivity contribution in [2.24, 2.45) is 0 Å². The van der Waals surface area contributed by atoms with E-state index in [0.717, 1.165) is 17.6 Å². The van der Waals surface area contributed by atoms with E-state index in [1.165, 1.54) is 16.7 Å². The van der Waals surface area contributed by atoms with Gasteiger partial charge in [0.15, 0.2) is 0 Å². The summed E-state index contributed by atoms with van der Waals surface area (Å²) in [5, 5.41) is 0. The third kappa shape index (κ3) is 1.25. The standard InChI is InChI=1S/C13H12/c1-9-4-6-12(8-9)13-7-5-10(2)11(13)3/h4-7H,1-3,8H2. The van der Waals surface area contributed by atoms with Crippen LogP contribution in [0.3, 0.4) is 0 Å². The summed E-state index contributed by atoms with van der Waals surface area (Å²) in [6.07, 6.45) is 9.23. The first-order valence-corrected chi connectivity index (χ1v) is 4.34. The minimum Gasteiger partial charge on any atom is -0.0955 e. The molecular weight excluding hydrogens is 156 g/mol. The average Bonchev–Trinajstić information content (AvgIpc) is 2.62. The number of hydrogen-bond donors (Lipinski definition) is 0. The summed E-state index contributed by atoms with van der Waals surface area (Å²) in [7, 11) is 0. The van der Waals surface area contributed by atoms with Gasteiger partial charge < -0.3 is 0 Å². The molecule has 0 aliphatic heterocycles. The predicted octanol–water partition coefficient (Wildman–Crippen LogP) is 3.48. The quantitative estimate of drug-likeness (QED) is 0.519. The van der Waals surface area contributed by atoms with Gasteiger partial charge in [-0.3, -0.25) is 0 Å². The molecule has 0 radical (unpaired) electrons. The monoisotopic (exact) mass is 168 g/mol. The number of allylic oxidation sites excluding steroid dienone is 9. The topological polar surface area (TPSA) is 0 Å². The second kappa shape index (κ2) is 2.74. The minimum absolute atomic E-state index is 0.950. The summed E-state index contributed by atoms with van der Waals surface area (Å²) in [5.74, 6) is 0. The Morgan fingerprint density at radius 3 is 2.15 bits per heavy atom. The summed E-state index contributed by atoms with van der Waals surface area (Å²) in [6, 6.07) is 0. The van der Waals surface area contributed by atoms with E-state index in [9.17, 15) is 0 Å². The zero-order valence-corrected chi connectivity index (χ0v) is 7.64. The van der Waals surface area contributed by atoms with Gasteiger partial charge in [-0.25, -0.2) is 0 Å². The number of rotatable bonds is 0. The van der Waals surface area contributed by atoms with Crippen LogP contribution in [0.2, 0.25) is 0 Å². The van der Waals surface area contributed by atoms with Crippen molar-refractivity contribution >= 4 is 0 Å². The van der Waals surface area contributed by atoms with Crippen LogP contribution < -0.4 is 0 Å². The van der Waals surface area contributed by atoms with Crippen LogP contribution in [0.1, 0.15) is 6.42 Å². The largest absolute Gasteiger partial charge is 0.0955 e. The molecule has 0 nitrogen and oxygen atoms in total. The fraction of sp³-hybridized carbons (Fsp3) is 0.0769. The van der Waals surface area contributed by atoms with E-state index in [1.54, 1.807) is 0 Å². The molecule has 0 aromatic heterocycles. The Morgan fingerprint density at radius 1 is 0.923 bits per heavy atom. The van der Waals surface area contributed by atoms with Crippen LogP contribution in [-0.2, 0) is 0 Å². The normalized spacial score (nSPS) is 26.6. The van der Waals surface area contributed by atoms with Crippen molar-refractivity contribution in [3.63, 3.8) is 0 Å². The third-order valence-electron chi connectivity index (χ3n) is 2.45. The maximum absolute atomic E-state index is 4.00. The Bertz CT molecular complexity index is 398. The summed E-state index contributed by atoms with van der Waals surface area (Å²) in [4.78, 5) is 0. The molecular formula is C13H12. The zero-order valence-electron chi connectivity index (χ0n) is 7.64. The van der Waals surface area contributed by atoms with Crippen LogP contribution in [0, 0.1) is 0 Å². The Labute approximate surface area is 79.0 Å². The van der Waals surface area contributed by atoms with E-state index in [2.05, 4.69) is 38.0 Å². The highest BCUT2D eigenvalue weighted by molar-refractivity contribution is 5.65. The lowest BCUT2D eigenvalue weighted by Gasteiger charge is -2.03. The van der Waals surface area contributed by atoms with Gasteiger partial charge >= 0.3 is 0 Å². The predicted molar refractivity (Wildman–Crippen MR) is 57.3 cm³/mol. The first kappa shape index (κ1) is 8.06. The van der Waals surface area contributed by atoms with Crippen LogP contribution in [0.5, 0.6) is 0 Å². The lowest BCUT2D eigenvalue weighted by molar-refractivity contribution is 1.25. The molecule has 2 aliphatic rings. The van der Waals surface area contributed by atoms with Gasteiger partial charge in [-0.2, -0.15) is 0 Å². The molecule has 13 heavy (non-hydrogen) atoms. The van der Waals surface area contributed by atoms with Gasteiger partial charge in [0.1, 0.15) is 0 Å².